The van der Waals surface area contributed by atoms with Gasteiger partial charge in [-0.1, -0.05) is 19.1 Å². The molecule has 0 radical (unpaired) electrons. The molecule has 0 saturated heterocycles. The molecular formula is C14H22FNO. The Morgan fingerprint density at radius 3 is 2.29 bits per heavy atom. The summed E-state index contributed by atoms with van der Waals surface area (Å²) in [5.74, 6) is -0.272. The molecule has 3 atom stereocenters. The third-order valence-electron chi connectivity index (χ3n) is 3.01. The van der Waals surface area contributed by atoms with E-state index in [2.05, 4.69) is 26.1 Å². The van der Waals surface area contributed by atoms with Gasteiger partial charge in [0.15, 0.2) is 0 Å². The van der Waals surface area contributed by atoms with Gasteiger partial charge in [0.1, 0.15) is 5.82 Å². The average Bonchev–Trinajstić information content (AvgIpc) is 2.29. The molecule has 0 aliphatic carbocycles. The van der Waals surface area contributed by atoms with Gasteiger partial charge >= 0.3 is 0 Å². The third kappa shape index (κ3) is 4.84. The van der Waals surface area contributed by atoms with Crippen molar-refractivity contribution in [2.24, 2.45) is 0 Å². The van der Waals surface area contributed by atoms with Crippen molar-refractivity contribution in [3.05, 3.63) is 35.6 Å². The summed E-state index contributed by atoms with van der Waals surface area (Å²) in [6.45, 7) is 6.31. The first kappa shape index (κ1) is 14.1. The van der Waals surface area contributed by atoms with Crippen molar-refractivity contribution in [1.82, 2.24) is 5.32 Å². The van der Waals surface area contributed by atoms with Crippen LogP contribution in [0.15, 0.2) is 24.3 Å². The number of aliphatic hydroxyl groups excluding tert-OH is 1. The number of hydrogen-bond acceptors (Lipinski definition) is 2. The fraction of sp³-hybridized carbons (Fsp3) is 0.571. The number of halogens is 1. The van der Waals surface area contributed by atoms with E-state index in [0.29, 0.717) is 12.5 Å². The van der Waals surface area contributed by atoms with Crippen LogP contribution in [0.1, 0.15) is 45.3 Å². The maximum atomic E-state index is 12.7. The van der Waals surface area contributed by atoms with E-state index in [4.69, 9.17) is 0 Å². The van der Waals surface area contributed by atoms with Crippen LogP contribution >= 0.6 is 0 Å². The highest BCUT2D eigenvalue weighted by Crippen LogP contribution is 2.18. The maximum Gasteiger partial charge on any atom is 0.123 e. The molecular weight excluding hydrogens is 217 g/mol. The number of benzene rings is 1. The van der Waals surface area contributed by atoms with Gasteiger partial charge in [-0.25, -0.2) is 4.39 Å². The minimum Gasteiger partial charge on any atom is -0.388 e. The van der Waals surface area contributed by atoms with E-state index in [0.717, 1.165) is 12.0 Å². The van der Waals surface area contributed by atoms with Crippen LogP contribution < -0.4 is 5.32 Å². The minimum absolute atomic E-state index is 0.241. The monoisotopic (exact) mass is 239 g/mol. The summed E-state index contributed by atoms with van der Waals surface area (Å²) < 4.78 is 12.7. The summed E-state index contributed by atoms with van der Waals surface area (Å²) in [4.78, 5) is 0. The molecule has 17 heavy (non-hydrogen) atoms. The van der Waals surface area contributed by atoms with Crippen LogP contribution in [-0.2, 0) is 0 Å². The van der Waals surface area contributed by atoms with Crippen LogP contribution in [-0.4, -0.2) is 17.2 Å². The normalized spacial score (nSPS) is 16.5. The molecule has 0 aliphatic heterocycles. The van der Waals surface area contributed by atoms with Crippen molar-refractivity contribution in [1.29, 1.82) is 0 Å². The van der Waals surface area contributed by atoms with E-state index >= 15 is 0 Å². The molecule has 1 rings (SSSR count). The van der Waals surface area contributed by atoms with Crippen LogP contribution in [0.3, 0.4) is 0 Å². The van der Waals surface area contributed by atoms with Crippen LogP contribution in [0, 0.1) is 5.82 Å². The standard InChI is InChI=1S/C14H22FNO/c1-4-10(2)16-11(3)9-14(17)12-5-7-13(15)8-6-12/h5-8,10-11,14,16-17H,4,9H2,1-3H3. The Kier molecular flexibility index (Phi) is 5.59. The molecule has 0 bridgehead atoms. The lowest BCUT2D eigenvalue weighted by molar-refractivity contribution is 0.151. The van der Waals surface area contributed by atoms with Crippen molar-refractivity contribution in [3.63, 3.8) is 0 Å². The first-order chi connectivity index (χ1) is 8.02. The van der Waals surface area contributed by atoms with E-state index in [1.165, 1.54) is 12.1 Å². The molecule has 1 aromatic rings. The van der Waals surface area contributed by atoms with E-state index in [1.807, 2.05) is 0 Å². The van der Waals surface area contributed by atoms with Gasteiger partial charge in [0.25, 0.3) is 0 Å². The highest BCUT2D eigenvalue weighted by Gasteiger charge is 2.13. The molecule has 0 amide bonds. The Balaban J connectivity index is 2.48. The summed E-state index contributed by atoms with van der Waals surface area (Å²) in [6, 6.07) is 6.72. The molecule has 2 nitrogen and oxygen atoms in total. The van der Waals surface area contributed by atoms with Gasteiger partial charge in [-0.2, -0.15) is 0 Å². The molecule has 0 aromatic heterocycles. The molecule has 0 heterocycles. The predicted molar refractivity (Wildman–Crippen MR) is 68.3 cm³/mol. The zero-order chi connectivity index (χ0) is 12.8. The molecule has 3 heteroatoms. The lowest BCUT2D eigenvalue weighted by Gasteiger charge is -2.21. The topological polar surface area (TPSA) is 32.3 Å². The maximum absolute atomic E-state index is 12.7. The van der Waals surface area contributed by atoms with E-state index in [1.54, 1.807) is 12.1 Å². The van der Waals surface area contributed by atoms with Crippen molar-refractivity contribution in [2.75, 3.05) is 0 Å². The Bertz CT molecular complexity index is 325. The highest BCUT2D eigenvalue weighted by molar-refractivity contribution is 5.18. The van der Waals surface area contributed by atoms with Crippen LogP contribution in [0.5, 0.6) is 0 Å². The second kappa shape index (κ2) is 6.72. The van der Waals surface area contributed by atoms with Crippen LogP contribution in [0.4, 0.5) is 4.39 Å². The summed E-state index contributed by atoms with van der Waals surface area (Å²) in [5.41, 5.74) is 0.768. The number of rotatable bonds is 6. The first-order valence-electron chi connectivity index (χ1n) is 6.22. The van der Waals surface area contributed by atoms with Gasteiger partial charge in [-0.15, -0.1) is 0 Å². The molecule has 0 saturated carbocycles. The third-order valence-corrected chi connectivity index (χ3v) is 3.01. The molecule has 0 aliphatic rings. The lowest BCUT2D eigenvalue weighted by atomic mass is 10.0. The molecule has 3 unspecified atom stereocenters. The zero-order valence-corrected chi connectivity index (χ0v) is 10.8. The van der Waals surface area contributed by atoms with Crippen molar-refractivity contribution >= 4 is 0 Å². The van der Waals surface area contributed by atoms with Crippen molar-refractivity contribution in [3.8, 4) is 0 Å². The van der Waals surface area contributed by atoms with Crippen LogP contribution in [0.25, 0.3) is 0 Å². The van der Waals surface area contributed by atoms with E-state index < -0.39 is 6.10 Å². The fourth-order valence-corrected chi connectivity index (χ4v) is 1.83. The first-order valence-corrected chi connectivity index (χ1v) is 6.22. The average molecular weight is 239 g/mol. The van der Waals surface area contributed by atoms with Gasteiger partial charge in [-0.3, -0.25) is 0 Å². The summed E-state index contributed by atoms with van der Waals surface area (Å²) >= 11 is 0. The van der Waals surface area contributed by atoms with Gasteiger partial charge < -0.3 is 10.4 Å². The number of nitrogens with one attached hydrogen (secondary N) is 1. The number of hydrogen-bond donors (Lipinski definition) is 2. The molecule has 0 spiro atoms. The highest BCUT2D eigenvalue weighted by atomic mass is 19.1. The lowest BCUT2D eigenvalue weighted by Crippen LogP contribution is -2.35. The Labute approximate surface area is 103 Å². The van der Waals surface area contributed by atoms with Gasteiger partial charge in [0.05, 0.1) is 6.10 Å². The molecule has 1 aromatic carbocycles. The molecule has 0 fully saturated rings. The second-order valence-corrected chi connectivity index (χ2v) is 4.68. The predicted octanol–water partition coefficient (Wildman–Crippen LogP) is 3.03. The summed E-state index contributed by atoms with van der Waals surface area (Å²) in [7, 11) is 0. The Hall–Kier alpha value is -0.930. The Morgan fingerprint density at radius 1 is 1.18 bits per heavy atom. The van der Waals surface area contributed by atoms with Crippen molar-refractivity contribution < 1.29 is 9.50 Å². The summed E-state index contributed by atoms with van der Waals surface area (Å²) in [6.07, 6.45) is 1.16. The van der Waals surface area contributed by atoms with Gasteiger partial charge in [0.2, 0.25) is 0 Å². The quantitative estimate of drug-likeness (QED) is 0.799. The van der Waals surface area contributed by atoms with E-state index in [9.17, 15) is 9.50 Å². The smallest absolute Gasteiger partial charge is 0.123 e. The van der Waals surface area contributed by atoms with Gasteiger partial charge in [0, 0.05) is 12.1 Å². The van der Waals surface area contributed by atoms with Crippen molar-refractivity contribution in [2.45, 2.75) is 51.8 Å². The minimum atomic E-state index is -0.540. The SMILES string of the molecule is CCC(C)NC(C)CC(O)c1ccc(F)cc1. The Morgan fingerprint density at radius 2 is 1.76 bits per heavy atom. The molecule has 2 N–H and O–H groups in total. The molecule has 96 valence electrons. The zero-order valence-electron chi connectivity index (χ0n) is 10.8. The van der Waals surface area contributed by atoms with Crippen LogP contribution in [0.2, 0.25) is 0 Å². The van der Waals surface area contributed by atoms with Gasteiger partial charge in [-0.05, 0) is 44.4 Å². The second-order valence-electron chi connectivity index (χ2n) is 4.68. The summed E-state index contributed by atoms with van der Waals surface area (Å²) in [5, 5.41) is 13.4. The number of aliphatic hydroxyl groups is 1. The van der Waals surface area contributed by atoms with E-state index in [-0.39, 0.29) is 11.9 Å². The largest absolute Gasteiger partial charge is 0.388 e. The fourth-order valence-electron chi connectivity index (χ4n) is 1.83.